The van der Waals surface area contributed by atoms with Gasteiger partial charge in [-0.3, -0.25) is 4.79 Å². The fourth-order valence-electron chi connectivity index (χ4n) is 2.53. The van der Waals surface area contributed by atoms with Crippen LogP contribution >= 0.6 is 0 Å². The molecule has 0 atom stereocenters. The Labute approximate surface area is 124 Å². The average Bonchev–Trinajstić information content (AvgIpc) is 2.94. The van der Waals surface area contributed by atoms with E-state index >= 15 is 0 Å². The summed E-state index contributed by atoms with van der Waals surface area (Å²) < 4.78 is 16.5. The van der Waals surface area contributed by atoms with Crippen molar-refractivity contribution in [3.8, 4) is 17.2 Å². The van der Waals surface area contributed by atoms with Gasteiger partial charge in [-0.1, -0.05) is 0 Å². The maximum Gasteiger partial charge on any atom is 0.266 e. The minimum Gasteiger partial charge on any atom is -0.478 e. The van der Waals surface area contributed by atoms with Crippen LogP contribution in [0, 0.1) is 0 Å². The SMILES string of the molecule is CC(C)(Oc1ccc2c(c1)OCO2)C(=O)N1CCNCC1. The van der Waals surface area contributed by atoms with Crippen LogP contribution in [0.2, 0.25) is 0 Å². The zero-order valence-electron chi connectivity index (χ0n) is 12.3. The van der Waals surface area contributed by atoms with Gasteiger partial charge in [-0.05, 0) is 26.0 Å². The van der Waals surface area contributed by atoms with Gasteiger partial charge in [0.1, 0.15) is 5.75 Å². The normalized spacial score (nSPS) is 17.7. The highest BCUT2D eigenvalue weighted by Gasteiger charge is 2.35. The molecule has 1 amide bonds. The largest absolute Gasteiger partial charge is 0.478 e. The summed E-state index contributed by atoms with van der Waals surface area (Å²) in [6.45, 7) is 6.89. The van der Waals surface area contributed by atoms with Crippen LogP contribution in [0.3, 0.4) is 0 Å². The summed E-state index contributed by atoms with van der Waals surface area (Å²) >= 11 is 0. The monoisotopic (exact) mass is 292 g/mol. The molecule has 0 bridgehead atoms. The van der Waals surface area contributed by atoms with Gasteiger partial charge in [0, 0.05) is 32.2 Å². The van der Waals surface area contributed by atoms with Crippen LogP contribution in [0.15, 0.2) is 18.2 Å². The molecule has 6 nitrogen and oxygen atoms in total. The topological polar surface area (TPSA) is 60.0 Å². The Morgan fingerprint density at radius 1 is 1.24 bits per heavy atom. The second-order valence-corrected chi connectivity index (χ2v) is 5.67. The third-order valence-corrected chi connectivity index (χ3v) is 3.64. The summed E-state index contributed by atoms with van der Waals surface area (Å²) in [6, 6.07) is 5.35. The number of carbonyl (C=O) groups is 1. The van der Waals surface area contributed by atoms with Crippen LogP contribution in [0.4, 0.5) is 0 Å². The van der Waals surface area contributed by atoms with E-state index in [2.05, 4.69) is 5.32 Å². The van der Waals surface area contributed by atoms with E-state index in [9.17, 15) is 4.79 Å². The van der Waals surface area contributed by atoms with E-state index in [1.807, 2.05) is 4.90 Å². The van der Waals surface area contributed by atoms with E-state index in [1.165, 1.54) is 0 Å². The van der Waals surface area contributed by atoms with E-state index in [1.54, 1.807) is 32.0 Å². The van der Waals surface area contributed by atoms with Gasteiger partial charge in [0.25, 0.3) is 5.91 Å². The van der Waals surface area contributed by atoms with Gasteiger partial charge in [0.15, 0.2) is 17.1 Å². The molecule has 1 N–H and O–H groups in total. The third-order valence-electron chi connectivity index (χ3n) is 3.64. The molecule has 0 aliphatic carbocycles. The molecule has 2 aliphatic rings. The Bertz CT molecular complexity index is 538. The number of nitrogens with zero attached hydrogens (tertiary/aromatic N) is 1. The molecule has 0 spiro atoms. The van der Waals surface area contributed by atoms with E-state index in [4.69, 9.17) is 14.2 Å². The second-order valence-electron chi connectivity index (χ2n) is 5.67. The Kier molecular flexibility index (Phi) is 3.63. The Morgan fingerprint density at radius 3 is 2.71 bits per heavy atom. The predicted octanol–water partition coefficient (Wildman–Crippen LogP) is 1.00. The number of amides is 1. The summed E-state index contributed by atoms with van der Waals surface area (Å²) in [5.74, 6) is 1.96. The molecule has 2 heterocycles. The number of ether oxygens (including phenoxy) is 3. The Balaban J connectivity index is 1.71. The van der Waals surface area contributed by atoms with Crippen LogP contribution in [-0.2, 0) is 4.79 Å². The molecule has 0 unspecified atom stereocenters. The van der Waals surface area contributed by atoms with Crippen molar-refractivity contribution in [2.75, 3.05) is 33.0 Å². The van der Waals surface area contributed by atoms with Gasteiger partial charge in [-0.15, -0.1) is 0 Å². The molecule has 0 saturated carbocycles. The standard InChI is InChI=1S/C15H20N2O4/c1-15(2,14(18)17-7-5-16-6-8-17)21-11-3-4-12-13(9-11)20-10-19-12/h3-4,9,16H,5-8,10H2,1-2H3. The quantitative estimate of drug-likeness (QED) is 0.901. The van der Waals surface area contributed by atoms with E-state index in [0.717, 1.165) is 13.1 Å². The zero-order chi connectivity index (χ0) is 14.9. The third kappa shape index (κ3) is 2.90. The van der Waals surface area contributed by atoms with Crippen molar-refractivity contribution in [1.82, 2.24) is 10.2 Å². The van der Waals surface area contributed by atoms with Gasteiger partial charge in [0.2, 0.25) is 6.79 Å². The second kappa shape index (κ2) is 5.44. The fraction of sp³-hybridized carbons (Fsp3) is 0.533. The Hall–Kier alpha value is -1.95. The number of hydrogen-bond donors (Lipinski definition) is 1. The molecular weight excluding hydrogens is 272 g/mol. The van der Waals surface area contributed by atoms with Crippen molar-refractivity contribution in [3.05, 3.63) is 18.2 Å². The van der Waals surface area contributed by atoms with Gasteiger partial charge in [0.05, 0.1) is 0 Å². The van der Waals surface area contributed by atoms with Crippen molar-refractivity contribution in [1.29, 1.82) is 0 Å². The van der Waals surface area contributed by atoms with Gasteiger partial charge >= 0.3 is 0 Å². The molecule has 3 rings (SSSR count). The van der Waals surface area contributed by atoms with E-state index in [0.29, 0.717) is 30.3 Å². The molecule has 1 aromatic carbocycles. The number of fused-ring (bicyclic) bond motifs is 1. The summed E-state index contributed by atoms with van der Waals surface area (Å²) in [5, 5.41) is 3.23. The van der Waals surface area contributed by atoms with Crippen molar-refractivity contribution in [3.63, 3.8) is 0 Å². The maximum absolute atomic E-state index is 12.6. The Morgan fingerprint density at radius 2 is 1.95 bits per heavy atom. The lowest BCUT2D eigenvalue weighted by Crippen LogP contribution is -2.54. The summed E-state index contributed by atoms with van der Waals surface area (Å²) in [6.07, 6.45) is 0. The van der Waals surface area contributed by atoms with Crippen LogP contribution in [0.5, 0.6) is 17.2 Å². The van der Waals surface area contributed by atoms with Crippen molar-refractivity contribution in [2.24, 2.45) is 0 Å². The number of rotatable bonds is 3. The highest BCUT2D eigenvalue weighted by molar-refractivity contribution is 5.85. The number of piperazine rings is 1. The van der Waals surface area contributed by atoms with Gasteiger partial charge < -0.3 is 24.4 Å². The number of hydrogen-bond acceptors (Lipinski definition) is 5. The molecule has 114 valence electrons. The van der Waals surface area contributed by atoms with Crippen LogP contribution in [-0.4, -0.2) is 49.4 Å². The van der Waals surface area contributed by atoms with Crippen LogP contribution < -0.4 is 19.5 Å². The lowest BCUT2D eigenvalue weighted by atomic mass is 10.1. The highest BCUT2D eigenvalue weighted by Crippen LogP contribution is 2.36. The minimum absolute atomic E-state index is 0.00154. The van der Waals surface area contributed by atoms with Gasteiger partial charge in [-0.2, -0.15) is 0 Å². The first kappa shape index (κ1) is 14.0. The molecule has 1 saturated heterocycles. The lowest BCUT2D eigenvalue weighted by Gasteiger charge is -2.34. The van der Waals surface area contributed by atoms with E-state index < -0.39 is 5.60 Å². The number of nitrogens with one attached hydrogen (secondary N) is 1. The highest BCUT2D eigenvalue weighted by atomic mass is 16.7. The van der Waals surface area contributed by atoms with Crippen LogP contribution in [0.1, 0.15) is 13.8 Å². The summed E-state index contributed by atoms with van der Waals surface area (Å²) in [5.41, 5.74) is -0.912. The summed E-state index contributed by atoms with van der Waals surface area (Å²) in [4.78, 5) is 14.4. The van der Waals surface area contributed by atoms with Crippen molar-refractivity contribution < 1.29 is 19.0 Å². The fourth-order valence-corrected chi connectivity index (χ4v) is 2.53. The lowest BCUT2D eigenvalue weighted by molar-refractivity contribution is -0.146. The molecule has 1 aromatic rings. The van der Waals surface area contributed by atoms with E-state index in [-0.39, 0.29) is 12.7 Å². The van der Waals surface area contributed by atoms with Crippen molar-refractivity contribution in [2.45, 2.75) is 19.4 Å². The van der Waals surface area contributed by atoms with Gasteiger partial charge in [-0.25, -0.2) is 0 Å². The zero-order valence-corrected chi connectivity index (χ0v) is 12.3. The number of benzene rings is 1. The van der Waals surface area contributed by atoms with Crippen LogP contribution in [0.25, 0.3) is 0 Å². The maximum atomic E-state index is 12.6. The molecule has 2 aliphatic heterocycles. The summed E-state index contributed by atoms with van der Waals surface area (Å²) in [7, 11) is 0. The molecule has 1 fully saturated rings. The average molecular weight is 292 g/mol. The minimum atomic E-state index is -0.912. The molecule has 0 aromatic heterocycles. The smallest absolute Gasteiger partial charge is 0.266 e. The molecule has 21 heavy (non-hydrogen) atoms. The first-order valence-corrected chi connectivity index (χ1v) is 7.15. The predicted molar refractivity (Wildman–Crippen MR) is 76.7 cm³/mol. The molecule has 0 radical (unpaired) electrons. The van der Waals surface area contributed by atoms with Crippen molar-refractivity contribution >= 4 is 5.91 Å². The molecule has 6 heteroatoms. The first-order chi connectivity index (χ1) is 10.1. The first-order valence-electron chi connectivity index (χ1n) is 7.15. The molecular formula is C15H20N2O4. The number of carbonyl (C=O) groups excluding carboxylic acids is 1.